The Morgan fingerprint density at radius 2 is 2.31 bits per heavy atom. The van der Waals surface area contributed by atoms with E-state index in [1.54, 1.807) is 13.3 Å². The molecule has 0 aromatic carbocycles. The van der Waals surface area contributed by atoms with Gasteiger partial charge in [-0.2, -0.15) is 5.10 Å². The van der Waals surface area contributed by atoms with Crippen LogP contribution in [0.1, 0.15) is 32.4 Å². The van der Waals surface area contributed by atoms with E-state index in [0.29, 0.717) is 5.92 Å². The molecule has 0 aliphatic carbocycles. The van der Waals surface area contributed by atoms with E-state index in [0.717, 1.165) is 18.7 Å². The summed E-state index contributed by atoms with van der Waals surface area (Å²) in [6.45, 7) is 5.59. The quantitative estimate of drug-likeness (QED) is 0.847. The van der Waals surface area contributed by atoms with Crippen LogP contribution >= 0.6 is 0 Å². The fourth-order valence-corrected chi connectivity index (χ4v) is 2.81. The van der Waals surface area contributed by atoms with Gasteiger partial charge in [0.1, 0.15) is 5.69 Å². The highest BCUT2D eigenvalue weighted by atomic mass is 16.5. The number of aromatic nitrogens is 2. The molecule has 2 rings (SSSR count). The van der Waals surface area contributed by atoms with E-state index in [4.69, 9.17) is 4.74 Å². The number of aryl methyl sites for hydroxylation is 1. The lowest BCUT2D eigenvalue weighted by atomic mass is 9.81. The van der Waals surface area contributed by atoms with Crippen molar-refractivity contribution in [2.75, 3.05) is 13.7 Å². The van der Waals surface area contributed by atoms with E-state index in [1.807, 2.05) is 11.7 Å². The Hall–Kier alpha value is -1.03. The van der Waals surface area contributed by atoms with E-state index in [9.17, 15) is 0 Å². The first-order valence-corrected chi connectivity index (χ1v) is 5.93. The topological polar surface area (TPSA) is 39.1 Å². The summed E-state index contributed by atoms with van der Waals surface area (Å²) in [5, 5.41) is 7.96. The van der Waals surface area contributed by atoms with Crippen molar-refractivity contribution in [2.45, 2.75) is 32.2 Å². The van der Waals surface area contributed by atoms with Crippen LogP contribution in [0.4, 0.5) is 0 Å². The number of hydrogen-bond donors (Lipinski definition) is 1. The lowest BCUT2D eigenvalue weighted by Crippen LogP contribution is -2.43. The minimum absolute atomic E-state index is 0.0244. The van der Waals surface area contributed by atoms with Gasteiger partial charge in [0, 0.05) is 7.05 Å². The van der Waals surface area contributed by atoms with Crippen LogP contribution in [0.15, 0.2) is 6.20 Å². The van der Waals surface area contributed by atoms with E-state index in [1.165, 1.54) is 12.1 Å². The molecule has 2 heterocycles. The molecule has 1 fully saturated rings. The number of rotatable bonds is 3. The van der Waals surface area contributed by atoms with Gasteiger partial charge in [-0.05, 0) is 25.3 Å². The molecular weight excluding hydrogens is 202 g/mol. The Morgan fingerprint density at radius 1 is 1.56 bits per heavy atom. The number of methoxy groups -OCH3 is 1. The summed E-state index contributed by atoms with van der Waals surface area (Å²) in [5.41, 5.74) is 1.21. The summed E-state index contributed by atoms with van der Waals surface area (Å²) in [6, 6.07) is 0. The molecule has 1 aromatic heterocycles. The van der Waals surface area contributed by atoms with Gasteiger partial charge < -0.3 is 10.1 Å². The van der Waals surface area contributed by atoms with Crippen LogP contribution in [0.25, 0.3) is 0 Å². The van der Waals surface area contributed by atoms with E-state index in [2.05, 4.69) is 24.3 Å². The van der Waals surface area contributed by atoms with Crippen LogP contribution in [0.2, 0.25) is 0 Å². The maximum Gasteiger partial charge on any atom is 0.161 e. The lowest BCUT2D eigenvalue weighted by molar-refractivity contribution is 0.248. The Bertz CT molecular complexity index is 364. The van der Waals surface area contributed by atoms with Crippen molar-refractivity contribution in [3.63, 3.8) is 0 Å². The molecule has 0 saturated carbocycles. The zero-order valence-electron chi connectivity index (χ0n) is 10.6. The molecule has 0 radical (unpaired) electrons. The SMILES string of the molecule is COc1cnn(C)c1C1(C(C)C)CCCN1. The fourth-order valence-electron chi connectivity index (χ4n) is 2.81. The zero-order chi connectivity index (χ0) is 11.8. The molecule has 1 N–H and O–H groups in total. The molecule has 1 unspecified atom stereocenters. The number of nitrogens with zero attached hydrogens (tertiary/aromatic N) is 2. The Kier molecular flexibility index (Phi) is 2.93. The molecule has 4 heteroatoms. The molecule has 0 bridgehead atoms. The summed E-state index contributed by atoms with van der Waals surface area (Å²) >= 11 is 0. The summed E-state index contributed by atoms with van der Waals surface area (Å²) in [5.74, 6) is 1.42. The fraction of sp³-hybridized carbons (Fsp3) is 0.750. The van der Waals surface area contributed by atoms with Crippen LogP contribution in [0, 0.1) is 5.92 Å². The van der Waals surface area contributed by atoms with Crippen molar-refractivity contribution < 1.29 is 4.74 Å². The minimum atomic E-state index is 0.0244. The molecule has 1 saturated heterocycles. The third kappa shape index (κ3) is 1.52. The first-order chi connectivity index (χ1) is 7.62. The summed E-state index contributed by atoms with van der Waals surface area (Å²) in [7, 11) is 3.70. The van der Waals surface area contributed by atoms with Gasteiger partial charge in [0.2, 0.25) is 0 Å². The third-order valence-electron chi connectivity index (χ3n) is 3.72. The maximum atomic E-state index is 5.43. The monoisotopic (exact) mass is 223 g/mol. The Balaban J connectivity index is 2.50. The van der Waals surface area contributed by atoms with Crippen molar-refractivity contribution in [1.29, 1.82) is 0 Å². The normalized spacial score (nSPS) is 25.3. The zero-order valence-corrected chi connectivity index (χ0v) is 10.6. The molecule has 90 valence electrons. The van der Waals surface area contributed by atoms with Gasteiger partial charge >= 0.3 is 0 Å². The van der Waals surface area contributed by atoms with E-state index >= 15 is 0 Å². The van der Waals surface area contributed by atoms with Gasteiger partial charge in [0.25, 0.3) is 0 Å². The standard InChI is InChI=1S/C12H21N3O/c1-9(2)12(6-5-7-13-12)11-10(16-4)8-14-15(11)3/h8-9,13H,5-7H2,1-4H3. The summed E-state index contributed by atoms with van der Waals surface area (Å²) < 4.78 is 7.37. The molecular formula is C12H21N3O. The molecule has 16 heavy (non-hydrogen) atoms. The first-order valence-electron chi connectivity index (χ1n) is 5.93. The second-order valence-corrected chi connectivity index (χ2v) is 4.84. The van der Waals surface area contributed by atoms with Crippen LogP contribution in [0.3, 0.4) is 0 Å². The predicted octanol–water partition coefficient (Wildman–Crippen LogP) is 1.66. The number of ether oxygens (including phenoxy) is 1. The third-order valence-corrected chi connectivity index (χ3v) is 3.72. The predicted molar refractivity (Wildman–Crippen MR) is 63.5 cm³/mol. The van der Waals surface area contributed by atoms with Gasteiger partial charge in [-0.3, -0.25) is 4.68 Å². The minimum Gasteiger partial charge on any atom is -0.493 e. The van der Waals surface area contributed by atoms with Crippen molar-refractivity contribution >= 4 is 0 Å². The highest BCUT2D eigenvalue weighted by molar-refractivity contribution is 5.33. The van der Waals surface area contributed by atoms with Gasteiger partial charge in [0.05, 0.1) is 18.8 Å². The molecule has 1 aliphatic rings. The van der Waals surface area contributed by atoms with Crippen LogP contribution in [0.5, 0.6) is 5.75 Å². The van der Waals surface area contributed by atoms with Crippen LogP contribution in [-0.4, -0.2) is 23.4 Å². The highest BCUT2D eigenvalue weighted by Crippen LogP contribution is 2.41. The second kappa shape index (κ2) is 4.09. The van der Waals surface area contributed by atoms with Crippen molar-refractivity contribution in [2.24, 2.45) is 13.0 Å². The van der Waals surface area contributed by atoms with Gasteiger partial charge in [-0.15, -0.1) is 0 Å². The molecule has 1 atom stereocenters. The number of nitrogens with one attached hydrogen (secondary N) is 1. The van der Waals surface area contributed by atoms with Crippen LogP contribution < -0.4 is 10.1 Å². The smallest absolute Gasteiger partial charge is 0.161 e. The van der Waals surface area contributed by atoms with E-state index < -0.39 is 0 Å². The van der Waals surface area contributed by atoms with E-state index in [-0.39, 0.29) is 5.54 Å². The molecule has 4 nitrogen and oxygen atoms in total. The molecule has 1 aliphatic heterocycles. The second-order valence-electron chi connectivity index (χ2n) is 4.84. The highest BCUT2D eigenvalue weighted by Gasteiger charge is 2.42. The van der Waals surface area contributed by atoms with Crippen molar-refractivity contribution in [1.82, 2.24) is 15.1 Å². The largest absolute Gasteiger partial charge is 0.493 e. The van der Waals surface area contributed by atoms with Gasteiger partial charge in [-0.1, -0.05) is 13.8 Å². The van der Waals surface area contributed by atoms with Crippen molar-refractivity contribution in [3.8, 4) is 5.75 Å². The Labute approximate surface area is 97.0 Å². The molecule has 1 aromatic rings. The average Bonchev–Trinajstić information content (AvgIpc) is 2.84. The first kappa shape index (κ1) is 11.5. The summed E-state index contributed by atoms with van der Waals surface area (Å²) in [6.07, 6.45) is 4.17. The van der Waals surface area contributed by atoms with Gasteiger partial charge in [-0.25, -0.2) is 0 Å². The number of hydrogen-bond acceptors (Lipinski definition) is 3. The average molecular weight is 223 g/mol. The summed E-state index contributed by atoms with van der Waals surface area (Å²) in [4.78, 5) is 0. The molecule has 0 amide bonds. The Morgan fingerprint density at radius 3 is 2.81 bits per heavy atom. The lowest BCUT2D eigenvalue weighted by Gasteiger charge is -2.34. The maximum absolute atomic E-state index is 5.43. The van der Waals surface area contributed by atoms with Gasteiger partial charge in [0.15, 0.2) is 5.75 Å². The van der Waals surface area contributed by atoms with Crippen molar-refractivity contribution in [3.05, 3.63) is 11.9 Å². The molecule has 0 spiro atoms. The van der Waals surface area contributed by atoms with Crippen LogP contribution in [-0.2, 0) is 12.6 Å².